The number of halogens is 3. The first-order chi connectivity index (χ1) is 11.5. The zero-order chi connectivity index (χ0) is 17.7. The molecule has 1 aromatic carbocycles. The first-order valence-electron chi connectivity index (χ1n) is 6.98. The number of aromatic nitrogens is 1. The summed E-state index contributed by atoms with van der Waals surface area (Å²) in [5.74, 6) is -5.55. The average molecular weight is 334 g/mol. The van der Waals surface area contributed by atoms with E-state index in [9.17, 15) is 23.2 Å². The van der Waals surface area contributed by atoms with Crippen LogP contribution in [0.5, 0.6) is 0 Å². The molecule has 124 valence electrons. The molecule has 2 atom stereocenters. The van der Waals surface area contributed by atoms with Crippen LogP contribution < -0.4 is 0 Å². The molecule has 0 aliphatic rings. The van der Waals surface area contributed by atoms with Gasteiger partial charge in [0.05, 0.1) is 25.5 Å². The van der Waals surface area contributed by atoms with Crippen LogP contribution in [0.3, 0.4) is 0 Å². The Morgan fingerprint density at radius 3 is 2.58 bits per heavy atom. The van der Waals surface area contributed by atoms with Gasteiger partial charge in [0.2, 0.25) is 0 Å². The van der Waals surface area contributed by atoms with Crippen molar-refractivity contribution in [3.8, 4) is 6.07 Å². The number of pyridine rings is 1. The number of nitriles is 1. The molecule has 0 bridgehead atoms. The van der Waals surface area contributed by atoms with Crippen LogP contribution in [-0.4, -0.2) is 18.1 Å². The highest BCUT2D eigenvalue weighted by Gasteiger charge is 2.30. The van der Waals surface area contributed by atoms with Crippen LogP contribution in [0.15, 0.2) is 36.7 Å². The highest BCUT2D eigenvalue weighted by Crippen LogP contribution is 2.37. The van der Waals surface area contributed by atoms with Crippen molar-refractivity contribution in [3.63, 3.8) is 0 Å². The number of carbonyl (C=O) groups excluding carboxylic acids is 1. The van der Waals surface area contributed by atoms with E-state index in [1.54, 1.807) is 0 Å². The number of hydrogen-bond donors (Lipinski definition) is 0. The van der Waals surface area contributed by atoms with Gasteiger partial charge in [-0.05, 0) is 23.8 Å². The molecule has 1 heterocycles. The minimum absolute atomic E-state index is 0.0270. The van der Waals surface area contributed by atoms with Gasteiger partial charge in [-0.1, -0.05) is 6.07 Å². The van der Waals surface area contributed by atoms with Gasteiger partial charge in [0.15, 0.2) is 11.6 Å². The monoisotopic (exact) mass is 334 g/mol. The number of rotatable bonds is 5. The van der Waals surface area contributed by atoms with Crippen LogP contribution in [0.1, 0.15) is 29.4 Å². The van der Waals surface area contributed by atoms with E-state index >= 15 is 0 Å². The van der Waals surface area contributed by atoms with Crippen molar-refractivity contribution >= 4 is 5.97 Å². The van der Waals surface area contributed by atoms with Gasteiger partial charge < -0.3 is 4.74 Å². The fourth-order valence-corrected chi connectivity index (χ4v) is 2.44. The Morgan fingerprint density at radius 2 is 2.00 bits per heavy atom. The Bertz CT molecular complexity index is 790. The standard InChI is InChI=1S/C17H13F3N2O2/c1-24-17(23)7-11(13-9-22-5-4-14(13)18)12(8-21)10-2-3-15(19)16(20)6-10/h2-6,9,11-12H,7H2,1H3. The lowest BCUT2D eigenvalue weighted by molar-refractivity contribution is -0.141. The fraction of sp³-hybridized carbons (Fsp3) is 0.235. The topological polar surface area (TPSA) is 63.0 Å². The van der Waals surface area contributed by atoms with Crippen molar-refractivity contribution in [1.29, 1.82) is 5.26 Å². The third-order valence-corrected chi connectivity index (χ3v) is 3.65. The summed E-state index contributed by atoms with van der Waals surface area (Å²) in [7, 11) is 1.16. The van der Waals surface area contributed by atoms with E-state index in [0.29, 0.717) is 0 Å². The highest BCUT2D eigenvalue weighted by atomic mass is 19.2. The average Bonchev–Trinajstić information content (AvgIpc) is 2.58. The van der Waals surface area contributed by atoms with Crippen molar-refractivity contribution in [1.82, 2.24) is 4.98 Å². The Balaban J connectivity index is 2.51. The summed E-state index contributed by atoms with van der Waals surface area (Å²) in [6, 6.07) is 5.99. The molecule has 0 fully saturated rings. The van der Waals surface area contributed by atoms with Gasteiger partial charge in [-0.25, -0.2) is 13.2 Å². The molecular formula is C17H13F3N2O2. The second kappa shape index (κ2) is 7.59. The molecule has 2 rings (SSSR count). The summed E-state index contributed by atoms with van der Waals surface area (Å²) >= 11 is 0. The molecule has 2 aromatic rings. The summed E-state index contributed by atoms with van der Waals surface area (Å²) in [4.78, 5) is 15.5. The van der Waals surface area contributed by atoms with Crippen LogP contribution >= 0.6 is 0 Å². The zero-order valence-corrected chi connectivity index (χ0v) is 12.7. The maximum Gasteiger partial charge on any atom is 0.306 e. The molecule has 0 aliphatic heterocycles. The molecule has 2 unspecified atom stereocenters. The second-order valence-electron chi connectivity index (χ2n) is 5.06. The molecule has 0 saturated heterocycles. The van der Waals surface area contributed by atoms with E-state index in [-0.39, 0.29) is 17.5 Å². The van der Waals surface area contributed by atoms with Crippen molar-refractivity contribution in [2.75, 3.05) is 7.11 Å². The maximum absolute atomic E-state index is 14.1. The van der Waals surface area contributed by atoms with E-state index < -0.39 is 35.3 Å². The number of carbonyl (C=O) groups is 1. The number of ether oxygens (including phenoxy) is 1. The lowest BCUT2D eigenvalue weighted by Gasteiger charge is -2.22. The van der Waals surface area contributed by atoms with Gasteiger partial charge in [-0.2, -0.15) is 5.26 Å². The van der Waals surface area contributed by atoms with E-state index in [1.165, 1.54) is 18.5 Å². The second-order valence-corrected chi connectivity index (χ2v) is 5.06. The number of esters is 1. The lowest BCUT2D eigenvalue weighted by atomic mass is 9.80. The summed E-state index contributed by atoms with van der Waals surface area (Å²) in [5, 5.41) is 9.49. The SMILES string of the molecule is COC(=O)CC(c1cnccc1F)C(C#N)c1ccc(F)c(F)c1. The molecule has 0 aliphatic carbocycles. The number of hydrogen-bond acceptors (Lipinski definition) is 4. The van der Waals surface area contributed by atoms with Gasteiger partial charge in [0.25, 0.3) is 0 Å². The van der Waals surface area contributed by atoms with Crippen molar-refractivity contribution in [2.45, 2.75) is 18.3 Å². The minimum atomic E-state index is -1.13. The summed E-state index contributed by atoms with van der Waals surface area (Å²) in [6.07, 6.45) is 2.12. The van der Waals surface area contributed by atoms with Crippen LogP contribution in [0, 0.1) is 28.8 Å². The zero-order valence-electron chi connectivity index (χ0n) is 12.7. The smallest absolute Gasteiger partial charge is 0.306 e. The van der Waals surface area contributed by atoms with Crippen LogP contribution in [0.4, 0.5) is 13.2 Å². The molecule has 1 aromatic heterocycles. The largest absolute Gasteiger partial charge is 0.469 e. The van der Waals surface area contributed by atoms with Gasteiger partial charge in [-0.15, -0.1) is 0 Å². The summed E-state index contributed by atoms with van der Waals surface area (Å²) in [5.41, 5.74) is 0.160. The molecule has 0 saturated carbocycles. The normalized spacial score (nSPS) is 13.0. The molecule has 24 heavy (non-hydrogen) atoms. The molecule has 7 heteroatoms. The van der Waals surface area contributed by atoms with E-state index in [2.05, 4.69) is 9.72 Å². The minimum Gasteiger partial charge on any atom is -0.469 e. The lowest BCUT2D eigenvalue weighted by Crippen LogP contribution is -2.17. The van der Waals surface area contributed by atoms with Crippen LogP contribution in [0.2, 0.25) is 0 Å². The molecule has 0 N–H and O–H groups in total. The first kappa shape index (κ1) is 17.5. The summed E-state index contributed by atoms with van der Waals surface area (Å²) < 4.78 is 45.3. The Morgan fingerprint density at radius 1 is 1.25 bits per heavy atom. The van der Waals surface area contributed by atoms with Crippen molar-refractivity contribution in [3.05, 3.63) is 65.2 Å². The third-order valence-electron chi connectivity index (χ3n) is 3.65. The number of benzene rings is 1. The predicted molar refractivity (Wildman–Crippen MR) is 78.3 cm³/mol. The number of methoxy groups -OCH3 is 1. The van der Waals surface area contributed by atoms with E-state index in [1.807, 2.05) is 6.07 Å². The molecule has 0 radical (unpaired) electrons. The van der Waals surface area contributed by atoms with Gasteiger partial charge in [0, 0.05) is 23.9 Å². The van der Waals surface area contributed by atoms with Gasteiger partial charge >= 0.3 is 5.97 Å². The third kappa shape index (κ3) is 3.71. The molecule has 0 spiro atoms. The quantitative estimate of drug-likeness (QED) is 0.786. The molecular weight excluding hydrogens is 321 g/mol. The van der Waals surface area contributed by atoms with Crippen LogP contribution in [-0.2, 0) is 9.53 Å². The Kier molecular flexibility index (Phi) is 5.53. The molecule has 0 amide bonds. The molecule has 4 nitrogen and oxygen atoms in total. The van der Waals surface area contributed by atoms with Crippen molar-refractivity contribution in [2.24, 2.45) is 0 Å². The summed E-state index contributed by atoms with van der Waals surface area (Å²) in [6.45, 7) is 0. The van der Waals surface area contributed by atoms with E-state index in [4.69, 9.17) is 0 Å². The number of nitrogens with zero attached hydrogens (tertiary/aromatic N) is 2. The fourth-order valence-electron chi connectivity index (χ4n) is 2.44. The highest BCUT2D eigenvalue weighted by molar-refractivity contribution is 5.70. The van der Waals surface area contributed by atoms with Gasteiger partial charge in [0.1, 0.15) is 5.82 Å². The van der Waals surface area contributed by atoms with Gasteiger partial charge in [-0.3, -0.25) is 9.78 Å². The Hall–Kier alpha value is -2.88. The van der Waals surface area contributed by atoms with Crippen LogP contribution in [0.25, 0.3) is 0 Å². The Labute approximate surface area is 136 Å². The van der Waals surface area contributed by atoms with E-state index in [0.717, 1.165) is 25.3 Å². The maximum atomic E-state index is 14.1. The van der Waals surface area contributed by atoms with Crippen molar-refractivity contribution < 1.29 is 22.7 Å². The first-order valence-corrected chi connectivity index (χ1v) is 6.98. The predicted octanol–water partition coefficient (Wildman–Crippen LogP) is 3.45.